The van der Waals surface area contributed by atoms with E-state index in [0.29, 0.717) is 130 Å². The van der Waals surface area contributed by atoms with E-state index in [1.54, 1.807) is 73.6 Å². The number of H-pyrrole nitrogens is 2. The molecule has 10 aliphatic rings. The molecule has 0 bridgehead atoms. The first-order valence-corrected chi connectivity index (χ1v) is 41.5. The largest absolute Gasteiger partial charge is 1.00 e. The molecule has 0 amide bonds. The second kappa shape index (κ2) is 61.6. The van der Waals surface area contributed by atoms with Gasteiger partial charge in [0.25, 0.3) is 6.47 Å². The smallest absolute Gasteiger partial charge is 1.00 e. The van der Waals surface area contributed by atoms with E-state index in [1.165, 1.54) is 25.0 Å². The van der Waals surface area contributed by atoms with Gasteiger partial charge in [0.05, 0.1) is 92.4 Å². The summed E-state index contributed by atoms with van der Waals surface area (Å²) in [7, 11) is 0. The molecule has 5 aromatic heterocycles. The number of halogens is 4. The van der Waals surface area contributed by atoms with E-state index in [-0.39, 0.29) is 295 Å². The molecule has 0 atom stereocenters. The van der Waals surface area contributed by atoms with Crippen molar-refractivity contribution in [1.29, 1.82) is 0 Å². The maximum absolute atomic E-state index is 12.8. The number of aromatic amines is 2. The van der Waals surface area contributed by atoms with Gasteiger partial charge in [0.2, 0.25) is 17.4 Å². The maximum atomic E-state index is 12.8. The van der Waals surface area contributed by atoms with Crippen LogP contribution in [0.1, 0.15) is 269 Å². The van der Waals surface area contributed by atoms with Crippen LogP contribution in [0.3, 0.4) is 0 Å². The number of hydrogen-bond donors (Lipinski definition) is 4. The first-order valence-electron chi connectivity index (χ1n) is 39.8. The first-order chi connectivity index (χ1) is 56.8. The number of carbonyl (C=O) groups excluding carboxylic acids is 6. The molecule has 4 aromatic carbocycles. The Morgan fingerprint density at radius 1 is 0.461 bits per heavy atom. The van der Waals surface area contributed by atoms with E-state index >= 15 is 0 Å². The molecule has 6 saturated carbocycles. The Kier molecular flexibility index (Phi) is 59.0. The molecule has 3 radical (unpaired) electrons. The molecule has 128 heavy (non-hydrogen) atoms. The number of aromatic nitrogens is 10. The molecule has 29 nitrogen and oxygen atoms in total. The third-order valence-electron chi connectivity index (χ3n) is 22.0. The Bertz CT molecular complexity index is 4640. The van der Waals surface area contributed by atoms with E-state index in [4.69, 9.17) is 75.9 Å². The van der Waals surface area contributed by atoms with Crippen LogP contribution in [0.2, 0.25) is 10.3 Å². The van der Waals surface area contributed by atoms with E-state index in [9.17, 15) is 34.2 Å². The molecule has 10 fully saturated rings. The van der Waals surface area contributed by atoms with Crippen molar-refractivity contribution < 1.29 is 262 Å². The maximum Gasteiger partial charge on any atom is 1.00 e. The van der Waals surface area contributed by atoms with Gasteiger partial charge in [0.1, 0.15) is 34.5 Å². The van der Waals surface area contributed by atoms with Gasteiger partial charge in [-0.25, -0.2) is 24.9 Å². The predicted octanol–water partition coefficient (Wildman–Crippen LogP) is 9.12. The van der Waals surface area contributed by atoms with Gasteiger partial charge < -0.3 is 75.8 Å². The summed E-state index contributed by atoms with van der Waals surface area (Å²) in [6.45, 7) is 5.64. The number of fused-ring (bicyclic) bond motifs is 2. The molecule has 4 saturated heterocycles. The number of nitrogens with one attached hydrogen (secondary N) is 2. The van der Waals surface area contributed by atoms with Crippen LogP contribution in [0, 0.1) is 0 Å². The second-order valence-corrected chi connectivity index (χ2v) is 31.7. The van der Waals surface area contributed by atoms with Crippen molar-refractivity contribution in [2.24, 2.45) is 0 Å². The minimum absolute atomic E-state index is 0. The molecule has 6 aliphatic carbocycles. The van der Waals surface area contributed by atoms with Gasteiger partial charge in [-0.05, 0) is 137 Å². The summed E-state index contributed by atoms with van der Waals surface area (Å²) < 4.78 is 50.5. The zero-order valence-corrected chi connectivity index (χ0v) is 87.3. The number of aromatic hydroxyl groups is 1. The SMILES string of the molecule is BrC1CCC2(CC1)OCCO2.C.C.C.C.C.C.Cl.Clc1nccnc1C1CCC2(CC1)OCCO2.O=C(c1ccc(O)cc1)c1nc2ccccc2[nH]1.O=C1CCC(c2nccnc2Cl)CC1.O=C1CCC(c2nccnc2Oc2ccc(C(=O)c3nc4ccccc4[nH]3)cc2)CC1.O=C1CCC2(CC1)OCCO2.O=CO[O-].OC1CCC2(CC1)OCCO2.[B].[Cs+].[Cs+].[H-].[H-].[Na+]. The van der Waals surface area contributed by atoms with Crippen LogP contribution in [0.5, 0.6) is 17.4 Å². The molecule has 4 aliphatic heterocycles. The molecule has 4 spiro atoms. The van der Waals surface area contributed by atoms with Gasteiger partial charge >= 0.3 is 167 Å². The molecular formula is C91H123BBrCl3Cs2N10NaO19. The monoisotopic (exact) mass is 2140 g/mol. The average molecular weight is 2150 g/mol. The number of hydrogen-bond acceptors (Lipinski definition) is 27. The van der Waals surface area contributed by atoms with E-state index in [2.05, 4.69) is 70.7 Å². The Morgan fingerprint density at radius 3 is 1.15 bits per heavy atom. The number of ketones is 5. The third-order valence-corrected chi connectivity index (χ3v) is 23.5. The fraction of sp³-hybridized carbons (Fsp3) is 0.516. The van der Waals surface area contributed by atoms with Crippen molar-refractivity contribution in [3.8, 4) is 17.4 Å². The molecule has 0 unspecified atom stereocenters. The molecule has 9 aromatic rings. The minimum Gasteiger partial charge on any atom is -1.00 e. The number of para-hydroxylation sites is 4. The van der Waals surface area contributed by atoms with Gasteiger partial charge in [-0.15, -0.1) is 12.4 Å². The number of Topliss-reactive ketones (excluding diaryl/α,β-unsaturated/α-hetero) is 3. The van der Waals surface area contributed by atoms with Gasteiger partial charge in [-0.2, -0.15) is 0 Å². The number of aliphatic hydroxyl groups is 1. The van der Waals surface area contributed by atoms with Crippen LogP contribution in [0.4, 0.5) is 0 Å². The standard InChI is InChI=1S/C24H20N4O3.C14H10N2O2.C12H15ClN2O2.C10H11ClN2O.C8H13BrO2.C8H14O3.C8H12O3.CH2O3.6CH4.B.ClH.2Cs.Na.2H/c29-17-9-5-15(6-10-17)21-24(26-14-13-25-21)31-18-11-7-16(8-12-18)22(30)23-27-19-3-1-2-4-20(19)28-23;17-10-7-5-9(6-8-10)13(18)14-15-11-3-1-2-4-12(11)16-14;13-11-10(14-5-6-15-11)9-1-3-12(4-2-9)16-7-8-17-12;11-10-9(12-5-6-13-10)7-1-3-8(14)4-2-7;3*9-7-1-3-8(4-2-7)10-5-6-11-8;2-1-4-3;;;;;;;;;;;;;/h1-4,7-8,11-15H,5-6,9-10H2,(H,27,28);1-8,17H,(H,15,16);5-6,9H,1-4,7-8H2;5-7H,1-4H2;7H,1-6H2;7,9H,1-6H2;1-6H2;1,3H;6*1H4;;1H;;;;;/q;;;;;;;;;;;;;;;;3*+1;2*-1/p-1. The van der Waals surface area contributed by atoms with Crippen LogP contribution in [0.15, 0.2) is 134 Å². The van der Waals surface area contributed by atoms with Crippen molar-refractivity contribution in [3.05, 3.63) is 184 Å². The number of benzene rings is 4. The number of nitrogens with zero attached hydrogens (tertiary/aromatic N) is 8. The molecule has 685 valence electrons. The zero-order chi connectivity index (χ0) is 82.0. The number of ether oxygens (including phenoxy) is 9. The summed E-state index contributed by atoms with van der Waals surface area (Å²) in [5.74, 6) is 2.06. The van der Waals surface area contributed by atoms with Crippen LogP contribution >= 0.6 is 51.5 Å². The number of imidazole rings is 2. The summed E-state index contributed by atoms with van der Waals surface area (Å²) in [5, 5.41) is 27.9. The molecule has 37 heteroatoms. The Hall–Kier alpha value is -3.40. The Balaban J connectivity index is 0. The average Bonchev–Trinajstić information content (AvgIpc) is 1.59. The fourth-order valence-electron chi connectivity index (χ4n) is 15.6. The van der Waals surface area contributed by atoms with Crippen molar-refractivity contribution in [3.63, 3.8) is 0 Å². The number of alkyl halides is 1. The summed E-state index contributed by atoms with van der Waals surface area (Å²) in [4.78, 5) is 110. The van der Waals surface area contributed by atoms with Gasteiger partial charge in [0.15, 0.2) is 45.1 Å². The van der Waals surface area contributed by atoms with Crippen LogP contribution < -0.4 is 177 Å². The number of phenols is 1. The van der Waals surface area contributed by atoms with Crippen molar-refractivity contribution >= 4 is 117 Å². The van der Waals surface area contributed by atoms with Crippen molar-refractivity contribution in [1.82, 2.24) is 49.8 Å². The van der Waals surface area contributed by atoms with Gasteiger partial charge in [-0.3, -0.25) is 43.7 Å². The van der Waals surface area contributed by atoms with Crippen LogP contribution in [-0.2, 0) is 62.0 Å². The number of rotatable bonds is 10. The zero-order valence-electron chi connectivity index (χ0n) is 70.8. The van der Waals surface area contributed by atoms with Crippen LogP contribution in [0.25, 0.3) is 22.1 Å². The van der Waals surface area contributed by atoms with Crippen LogP contribution in [-0.4, -0.2) is 191 Å². The van der Waals surface area contributed by atoms with E-state index < -0.39 is 0 Å². The Morgan fingerprint density at radius 2 is 0.773 bits per heavy atom. The van der Waals surface area contributed by atoms with Gasteiger partial charge in [0, 0.05) is 169 Å². The molecule has 4 N–H and O–H groups in total. The fourth-order valence-corrected chi connectivity index (χ4v) is 16.6. The molecule has 9 heterocycles. The minimum atomic E-state index is -0.367. The Labute approximate surface area is 921 Å². The number of carbonyl (C=O) groups is 6. The predicted molar refractivity (Wildman–Crippen MR) is 484 cm³/mol. The molecule has 19 rings (SSSR count). The topological polar surface area (TPSA) is 393 Å². The quantitative estimate of drug-likeness (QED) is 0.0247. The molecular weight excluding hydrogens is 2020 g/mol. The number of aliphatic hydroxyl groups excluding tert-OH is 1. The first kappa shape index (κ1) is 123. The van der Waals surface area contributed by atoms with Crippen molar-refractivity contribution in [2.75, 3.05) is 52.9 Å². The van der Waals surface area contributed by atoms with E-state index in [0.717, 1.165) is 182 Å². The normalized spacial score (nSPS) is 19.2. The van der Waals surface area contributed by atoms with Gasteiger partial charge in [-0.1, -0.05) is 108 Å². The van der Waals surface area contributed by atoms with Crippen molar-refractivity contribution in [2.45, 2.75) is 250 Å². The van der Waals surface area contributed by atoms with E-state index in [1.807, 2.05) is 48.5 Å². The third kappa shape index (κ3) is 35.9. The summed E-state index contributed by atoms with van der Waals surface area (Å²) >= 11 is 15.6. The second-order valence-electron chi connectivity index (χ2n) is 29.7. The summed E-state index contributed by atoms with van der Waals surface area (Å²) in [5.41, 5.74) is 6.72. The summed E-state index contributed by atoms with van der Waals surface area (Å²) in [6.07, 6.45) is 29.8. The number of phenolic OH excluding ortho intramolecular Hbond substituents is 1. The summed E-state index contributed by atoms with van der Waals surface area (Å²) in [6, 6.07) is 28.0.